The zero-order chi connectivity index (χ0) is 24.7. The van der Waals surface area contributed by atoms with E-state index in [-0.39, 0.29) is 0 Å². The molecule has 0 bridgehead atoms. The quantitative estimate of drug-likeness (QED) is 0.287. The summed E-state index contributed by atoms with van der Waals surface area (Å²) in [5.41, 5.74) is 7.31. The van der Waals surface area contributed by atoms with Gasteiger partial charge < -0.3 is 0 Å². The lowest BCUT2D eigenvalue weighted by Crippen LogP contribution is -2.73. The van der Waals surface area contributed by atoms with Crippen LogP contribution in [0.3, 0.4) is 0 Å². The second-order valence-electron chi connectivity index (χ2n) is 9.56. The van der Waals surface area contributed by atoms with E-state index in [1.165, 1.54) is 43.1 Å². The number of rotatable bonds is 4. The van der Waals surface area contributed by atoms with Gasteiger partial charge in [0.1, 0.15) is 0 Å². The molecule has 1 nitrogen and oxygen atoms in total. The average molecular weight is 488 g/mol. The average Bonchev–Trinajstić information content (AvgIpc) is 3.30. The molecule has 0 spiro atoms. The van der Waals surface area contributed by atoms with E-state index in [0.29, 0.717) is 0 Å². The van der Waals surface area contributed by atoms with Gasteiger partial charge in [0.05, 0.1) is 5.69 Å². The summed E-state index contributed by atoms with van der Waals surface area (Å²) < 4.78 is 0. The topological polar surface area (TPSA) is 12.9 Å². The zero-order valence-corrected chi connectivity index (χ0v) is 21.4. The first kappa shape index (κ1) is 21.7. The van der Waals surface area contributed by atoms with Crippen LogP contribution >= 0.6 is 0 Å². The van der Waals surface area contributed by atoms with Gasteiger partial charge >= 0.3 is 0 Å². The third-order valence-electron chi connectivity index (χ3n) is 7.56. The van der Waals surface area contributed by atoms with Crippen molar-refractivity contribution < 1.29 is 0 Å². The van der Waals surface area contributed by atoms with Gasteiger partial charge in [0, 0.05) is 10.9 Å². The van der Waals surface area contributed by atoms with Crippen molar-refractivity contribution in [2.24, 2.45) is 0 Å². The number of hydrogen-bond acceptors (Lipinski definition) is 1. The molecule has 0 saturated carbocycles. The number of nitrogens with zero attached hydrogens (tertiary/aromatic N) is 1. The normalized spacial score (nSPS) is 13.1. The molecule has 2 heterocycles. The third-order valence-corrected chi connectivity index (χ3v) is 12.3. The van der Waals surface area contributed by atoms with Crippen LogP contribution in [0.4, 0.5) is 0 Å². The zero-order valence-electron chi connectivity index (χ0n) is 20.4. The summed E-state index contributed by atoms with van der Waals surface area (Å²) in [4.78, 5) is 5.44. The Morgan fingerprint density at radius 1 is 0.405 bits per heavy atom. The van der Waals surface area contributed by atoms with Gasteiger partial charge in [0.25, 0.3) is 0 Å². The van der Waals surface area contributed by atoms with Crippen LogP contribution < -0.4 is 20.9 Å². The van der Waals surface area contributed by atoms with E-state index in [4.69, 9.17) is 4.98 Å². The molecular weight excluding hydrogens is 462 g/mol. The highest BCUT2D eigenvalue weighted by atomic mass is 28.3. The molecule has 37 heavy (non-hydrogen) atoms. The molecule has 0 aliphatic carbocycles. The maximum Gasteiger partial charge on any atom is 0.203 e. The van der Waals surface area contributed by atoms with E-state index in [0.717, 1.165) is 11.3 Å². The Morgan fingerprint density at radius 2 is 0.946 bits per heavy atom. The predicted octanol–water partition coefficient (Wildman–Crippen LogP) is 5.77. The molecule has 0 amide bonds. The van der Waals surface area contributed by atoms with E-state index in [9.17, 15) is 0 Å². The smallest absolute Gasteiger partial charge is 0.203 e. The molecule has 5 aromatic carbocycles. The summed E-state index contributed by atoms with van der Waals surface area (Å²) in [6, 6.07) is 54.9. The van der Waals surface area contributed by atoms with E-state index in [1.807, 2.05) is 0 Å². The van der Waals surface area contributed by atoms with Crippen LogP contribution in [0.5, 0.6) is 0 Å². The fraction of sp³-hybridized carbons (Fsp3) is 0. The Bertz CT molecular complexity index is 1590. The number of pyridine rings is 1. The van der Waals surface area contributed by atoms with Gasteiger partial charge in [-0.15, -0.1) is 0 Å². The highest BCUT2D eigenvalue weighted by molar-refractivity contribution is 7.21. The number of benzene rings is 5. The molecule has 0 radical (unpaired) electrons. The molecule has 0 fully saturated rings. The Morgan fingerprint density at radius 3 is 1.62 bits per heavy atom. The van der Waals surface area contributed by atoms with Crippen molar-refractivity contribution in [1.29, 1.82) is 0 Å². The molecule has 0 unspecified atom stereocenters. The molecule has 174 valence electrons. The number of fused-ring (bicyclic) bond motifs is 3. The second kappa shape index (κ2) is 8.84. The maximum atomic E-state index is 5.44. The van der Waals surface area contributed by atoms with Crippen LogP contribution in [0.25, 0.3) is 33.5 Å². The van der Waals surface area contributed by atoms with Crippen LogP contribution in [0.15, 0.2) is 152 Å². The van der Waals surface area contributed by atoms with Crippen LogP contribution in [0, 0.1) is 0 Å². The molecule has 1 aliphatic rings. The maximum absolute atomic E-state index is 5.44. The molecule has 2 heteroatoms. The Hall–Kier alpha value is -4.53. The SMILES string of the molecule is c1ccc(-c2cccc([Si]3(c4cccc(-c5ccccc5)n4)c4ccccc4-c4ccccc43)c2)cc1. The van der Waals surface area contributed by atoms with Gasteiger partial charge in [-0.25, -0.2) is 0 Å². The van der Waals surface area contributed by atoms with Crippen LogP contribution in [0.1, 0.15) is 0 Å². The highest BCUT2D eigenvalue weighted by Gasteiger charge is 2.49. The summed E-state index contributed by atoms with van der Waals surface area (Å²) in [6.07, 6.45) is 0. The summed E-state index contributed by atoms with van der Waals surface area (Å²) in [5, 5.41) is 5.37. The van der Waals surface area contributed by atoms with E-state index >= 15 is 0 Å². The van der Waals surface area contributed by atoms with Gasteiger partial charge in [0.2, 0.25) is 8.07 Å². The van der Waals surface area contributed by atoms with Gasteiger partial charge in [-0.2, -0.15) is 0 Å². The largest absolute Gasteiger partial charge is 0.256 e. The minimum absolute atomic E-state index is 1.02. The lowest BCUT2D eigenvalue weighted by molar-refractivity contribution is 1.37. The lowest BCUT2D eigenvalue weighted by atomic mass is 10.1. The van der Waals surface area contributed by atoms with Crippen molar-refractivity contribution in [2.75, 3.05) is 0 Å². The predicted molar refractivity (Wildman–Crippen MR) is 158 cm³/mol. The first-order valence-corrected chi connectivity index (χ1v) is 14.7. The van der Waals surface area contributed by atoms with Gasteiger partial charge in [-0.3, -0.25) is 4.98 Å². The van der Waals surface area contributed by atoms with Gasteiger partial charge in [0.15, 0.2) is 0 Å². The summed E-state index contributed by atoms with van der Waals surface area (Å²) in [7, 11) is -2.67. The fourth-order valence-electron chi connectivity index (χ4n) is 5.95. The van der Waals surface area contributed by atoms with Crippen LogP contribution in [-0.2, 0) is 0 Å². The molecule has 0 saturated heterocycles. The molecule has 0 atom stereocenters. The number of hydrogen-bond donors (Lipinski definition) is 0. The summed E-state index contributed by atoms with van der Waals surface area (Å²) in [5.74, 6) is 0. The summed E-state index contributed by atoms with van der Waals surface area (Å²) >= 11 is 0. The molecule has 7 rings (SSSR count). The van der Waals surface area contributed by atoms with Gasteiger partial charge in [-0.1, -0.05) is 140 Å². The molecule has 1 aromatic heterocycles. The lowest BCUT2D eigenvalue weighted by Gasteiger charge is -2.30. The van der Waals surface area contributed by atoms with Crippen LogP contribution in [-0.4, -0.2) is 13.1 Å². The first-order valence-electron chi connectivity index (χ1n) is 12.7. The van der Waals surface area contributed by atoms with Crippen molar-refractivity contribution >= 4 is 29.0 Å². The van der Waals surface area contributed by atoms with Crippen molar-refractivity contribution in [1.82, 2.24) is 4.98 Å². The van der Waals surface area contributed by atoms with Crippen molar-refractivity contribution in [3.63, 3.8) is 0 Å². The Kier molecular flexibility index (Phi) is 5.19. The van der Waals surface area contributed by atoms with Crippen molar-refractivity contribution in [3.05, 3.63) is 152 Å². The van der Waals surface area contributed by atoms with Crippen molar-refractivity contribution in [3.8, 4) is 33.5 Å². The van der Waals surface area contributed by atoms with Crippen LogP contribution in [0.2, 0.25) is 0 Å². The van der Waals surface area contributed by atoms with E-state index < -0.39 is 8.07 Å². The molecule has 1 aliphatic heterocycles. The Labute approximate surface area is 218 Å². The minimum Gasteiger partial charge on any atom is -0.256 e. The first-order chi connectivity index (χ1) is 18.4. The van der Waals surface area contributed by atoms with Crippen molar-refractivity contribution in [2.45, 2.75) is 0 Å². The second-order valence-corrected chi connectivity index (χ2v) is 13.2. The van der Waals surface area contributed by atoms with E-state index in [2.05, 4.69) is 152 Å². The standard InChI is InChI=1S/C35H25NSi/c1-3-13-26(14-4-1)28-17-11-18-29(25-28)37(35-24-12-21-32(36-35)27-15-5-2-6-16-27)33-22-9-7-19-30(33)31-20-8-10-23-34(31)37/h1-25H. The Balaban J connectivity index is 1.56. The summed E-state index contributed by atoms with van der Waals surface area (Å²) in [6.45, 7) is 0. The third kappa shape index (κ3) is 3.41. The molecule has 0 N–H and O–H groups in total. The number of aromatic nitrogens is 1. The fourth-order valence-corrected chi connectivity index (χ4v) is 11.0. The monoisotopic (exact) mass is 487 g/mol. The minimum atomic E-state index is -2.67. The highest BCUT2D eigenvalue weighted by Crippen LogP contribution is 2.29. The molecular formula is C35H25NSi. The van der Waals surface area contributed by atoms with Gasteiger partial charge in [-0.05, 0) is 49.9 Å². The molecule has 6 aromatic rings. The van der Waals surface area contributed by atoms with E-state index in [1.54, 1.807) is 0 Å².